The molecule has 0 saturated heterocycles. The molecular weight excluding hydrogens is 595 g/mol. The van der Waals surface area contributed by atoms with E-state index in [4.69, 9.17) is 27.1 Å². The van der Waals surface area contributed by atoms with Crippen LogP contribution in [0.4, 0.5) is 5.82 Å². The number of carbonyl (C=O) groups excluding carboxylic acids is 1. The number of amides is 1. The lowest BCUT2D eigenvalue weighted by molar-refractivity contribution is 0.0944. The molecule has 0 aliphatic heterocycles. The molecule has 1 aromatic heterocycles. The molecular formula is C31H35Cl3N6O2. The van der Waals surface area contributed by atoms with E-state index >= 15 is 0 Å². The number of methoxy groups -OCH3 is 1. The van der Waals surface area contributed by atoms with Gasteiger partial charge in [-0.15, -0.1) is 24.8 Å². The summed E-state index contributed by atoms with van der Waals surface area (Å²) in [5.41, 5.74) is 9.02. The molecule has 1 saturated carbocycles. The third kappa shape index (κ3) is 8.25. The summed E-state index contributed by atoms with van der Waals surface area (Å²) < 4.78 is 5.21. The van der Waals surface area contributed by atoms with E-state index in [1.807, 2.05) is 66.7 Å². The Labute approximate surface area is 263 Å². The second-order valence-corrected chi connectivity index (χ2v) is 10.3. The van der Waals surface area contributed by atoms with E-state index in [9.17, 15) is 4.79 Å². The Kier molecular flexibility index (Phi) is 12.2. The Morgan fingerprint density at radius 2 is 1.76 bits per heavy atom. The van der Waals surface area contributed by atoms with Crippen LogP contribution in [0.2, 0.25) is 5.02 Å². The number of hydrogen-bond acceptors (Lipinski definition) is 6. The van der Waals surface area contributed by atoms with Gasteiger partial charge in [0.2, 0.25) is 5.82 Å². The number of nitrogens with zero attached hydrogens (tertiary/aromatic N) is 3. The molecule has 0 bridgehead atoms. The minimum Gasteiger partial charge on any atom is -0.497 e. The van der Waals surface area contributed by atoms with E-state index in [1.165, 1.54) is 0 Å². The van der Waals surface area contributed by atoms with Gasteiger partial charge in [0.05, 0.1) is 18.7 Å². The normalized spacial score (nSPS) is 16.6. The lowest BCUT2D eigenvalue weighted by Gasteiger charge is -2.30. The topological polar surface area (TPSA) is 115 Å². The van der Waals surface area contributed by atoms with Crippen LogP contribution in [0, 0.1) is 0 Å². The highest BCUT2D eigenvalue weighted by atomic mass is 35.5. The predicted octanol–water partition coefficient (Wildman–Crippen LogP) is 6.24. The highest BCUT2D eigenvalue weighted by molar-refractivity contribution is 6.31. The van der Waals surface area contributed by atoms with Crippen molar-refractivity contribution in [3.63, 3.8) is 0 Å². The zero-order valence-corrected chi connectivity index (χ0v) is 25.6. The van der Waals surface area contributed by atoms with Gasteiger partial charge in [-0.05, 0) is 55.2 Å². The van der Waals surface area contributed by atoms with Gasteiger partial charge in [-0.25, -0.2) is 9.97 Å². The van der Waals surface area contributed by atoms with Gasteiger partial charge in [0.25, 0.3) is 5.91 Å². The van der Waals surface area contributed by atoms with Crippen molar-refractivity contribution in [2.24, 2.45) is 10.7 Å². The molecule has 5 rings (SSSR count). The number of nitrogens with one attached hydrogen (secondary N) is 2. The summed E-state index contributed by atoms with van der Waals surface area (Å²) in [6, 6.07) is 22.9. The van der Waals surface area contributed by atoms with Crippen molar-refractivity contribution in [1.29, 1.82) is 0 Å². The number of rotatable bonds is 9. The second-order valence-electron chi connectivity index (χ2n) is 9.89. The van der Waals surface area contributed by atoms with Crippen LogP contribution in [0.1, 0.15) is 47.4 Å². The van der Waals surface area contributed by atoms with E-state index < -0.39 is 0 Å². The first-order valence-electron chi connectivity index (χ1n) is 13.5. The maximum atomic E-state index is 13.1. The van der Waals surface area contributed by atoms with Gasteiger partial charge in [-0.2, -0.15) is 0 Å². The van der Waals surface area contributed by atoms with E-state index in [2.05, 4.69) is 20.6 Å². The number of amidine groups is 1. The Hall–Kier alpha value is -3.59. The average Bonchev–Trinajstić information content (AvgIpc) is 2.99. The number of nitrogens with two attached hydrogens (primary N) is 1. The number of aromatic nitrogens is 2. The molecule has 1 aliphatic carbocycles. The number of benzene rings is 3. The molecule has 42 heavy (non-hydrogen) atoms. The fourth-order valence-electron chi connectivity index (χ4n) is 4.98. The summed E-state index contributed by atoms with van der Waals surface area (Å²) in [4.78, 5) is 27.2. The molecule has 222 valence electrons. The molecule has 0 radical (unpaired) electrons. The van der Waals surface area contributed by atoms with Gasteiger partial charge < -0.3 is 21.1 Å². The number of ether oxygens (including phenoxy) is 1. The summed E-state index contributed by atoms with van der Waals surface area (Å²) in [5, 5.41) is 7.86. The third-order valence-electron chi connectivity index (χ3n) is 7.15. The van der Waals surface area contributed by atoms with E-state index in [0.29, 0.717) is 35.2 Å². The fourth-order valence-corrected chi connectivity index (χ4v) is 5.15. The zero-order chi connectivity index (χ0) is 27.9. The van der Waals surface area contributed by atoms with Crippen LogP contribution in [0.3, 0.4) is 0 Å². The Balaban J connectivity index is 0.00000242. The molecule has 1 amide bonds. The van der Waals surface area contributed by atoms with Crippen LogP contribution in [0.25, 0.3) is 10.9 Å². The van der Waals surface area contributed by atoms with Crippen molar-refractivity contribution in [1.82, 2.24) is 15.3 Å². The summed E-state index contributed by atoms with van der Waals surface area (Å²) in [6.07, 6.45) is 4.64. The maximum absolute atomic E-state index is 13.1. The minimum atomic E-state index is -0.333. The van der Waals surface area contributed by atoms with Crippen molar-refractivity contribution in [2.75, 3.05) is 19.0 Å². The minimum absolute atomic E-state index is 0. The van der Waals surface area contributed by atoms with Crippen LogP contribution < -0.4 is 21.1 Å². The molecule has 1 fully saturated rings. The average molecular weight is 630 g/mol. The molecule has 8 nitrogen and oxygen atoms in total. The summed E-state index contributed by atoms with van der Waals surface area (Å²) in [6.45, 7) is 0.452. The number of anilines is 1. The summed E-state index contributed by atoms with van der Waals surface area (Å²) in [5.74, 6) is 1.66. The molecule has 1 heterocycles. The quantitative estimate of drug-likeness (QED) is 0.149. The van der Waals surface area contributed by atoms with Crippen molar-refractivity contribution in [2.45, 2.75) is 44.2 Å². The smallest absolute Gasteiger partial charge is 0.289 e. The van der Waals surface area contributed by atoms with Crippen LogP contribution in [-0.4, -0.2) is 47.4 Å². The monoisotopic (exact) mass is 628 g/mol. The maximum Gasteiger partial charge on any atom is 0.289 e. The highest BCUT2D eigenvalue weighted by Crippen LogP contribution is 2.29. The SMILES string of the molecule is COc1ccc(CCNC(=O)c2nc(N[C@H]3CCCC[C@H]3N=C(N)c3ccccc3)c3cc(Cl)ccc3n2)cc1.Cl.Cl. The molecule has 0 spiro atoms. The van der Waals surface area contributed by atoms with Gasteiger partial charge in [-0.3, -0.25) is 9.79 Å². The summed E-state index contributed by atoms with van der Waals surface area (Å²) in [7, 11) is 1.64. The molecule has 4 N–H and O–H groups in total. The first-order chi connectivity index (χ1) is 19.5. The molecule has 11 heteroatoms. The van der Waals surface area contributed by atoms with Crippen molar-refractivity contribution >= 4 is 64.9 Å². The zero-order valence-electron chi connectivity index (χ0n) is 23.3. The largest absolute Gasteiger partial charge is 0.497 e. The molecule has 3 aromatic carbocycles. The Morgan fingerprint density at radius 1 is 1.02 bits per heavy atom. The van der Waals surface area contributed by atoms with Gasteiger partial charge >= 0.3 is 0 Å². The van der Waals surface area contributed by atoms with Gasteiger partial charge in [0.1, 0.15) is 17.4 Å². The van der Waals surface area contributed by atoms with Crippen LogP contribution >= 0.6 is 36.4 Å². The van der Waals surface area contributed by atoms with Gasteiger partial charge in [0.15, 0.2) is 0 Å². The van der Waals surface area contributed by atoms with E-state index in [-0.39, 0.29) is 48.6 Å². The van der Waals surface area contributed by atoms with Crippen molar-refractivity contribution < 1.29 is 9.53 Å². The molecule has 0 unspecified atom stereocenters. The molecule has 4 aromatic rings. The van der Waals surface area contributed by atoms with Crippen LogP contribution in [-0.2, 0) is 6.42 Å². The van der Waals surface area contributed by atoms with Crippen LogP contribution in [0.5, 0.6) is 5.75 Å². The number of aliphatic imine (C=N–C) groups is 1. The second kappa shape index (κ2) is 15.6. The van der Waals surface area contributed by atoms with E-state index in [1.54, 1.807) is 13.2 Å². The van der Waals surface area contributed by atoms with Gasteiger partial charge in [0, 0.05) is 28.6 Å². The Bertz CT molecular complexity index is 1500. The van der Waals surface area contributed by atoms with Crippen molar-refractivity contribution in [3.05, 3.63) is 94.8 Å². The first-order valence-corrected chi connectivity index (χ1v) is 13.9. The Morgan fingerprint density at radius 3 is 2.50 bits per heavy atom. The lowest BCUT2D eigenvalue weighted by Crippen LogP contribution is -2.37. The fraction of sp³-hybridized carbons (Fsp3) is 0.290. The lowest BCUT2D eigenvalue weighted by atomic mass is 9.90. The molecule has 2 atom stereocenters. The van der Waals surface area contributed by atoms with Crippen molar-refractivity contribution in [3.8, 4) is 5.75 Å². The van der Waals surface area contributed by atoms with Gasteiger partial charge in [-0.1, -0.05) is 66.9 Å². The standard InChI is InChI=1S/C31H33ClN6O2.2ClH/c1-40-23-14-11-20(12-15-23)17-18-34-31(39)30-36-25-16-13-22(32)19-24(25)29(38-30)37-27-10-6-5-9-26(27)35-28(33)21-7-3-2-4-8-21;;/h2-4,7-8,11-16,19,26-27H,5-6,9-10,17-18H2,1H3,(H2,33,35)(H,34,39)(H,36,37,38);2*1H/t26-,27+;;/m1../s1. The summed E-state index contributed by atoms with van der Waals surface area (Å²) >= 11 is 6.34. The van der Waals surface area contributed by atoms with Crippen LogP contribution in [0.15, 0.2) is 77.8 Å². The first kappa shape index (κ1) is 32.9. The number of halogens is 3. The third-order valence-corrected chi connectivity index (χ3v) is 7.38. The predicted molar refractivity (Wildman–Crippen MR) is 175 cm³/mol. The number of carbonyl (C=O) groups is 1. The number of hydrogen-bond donors (Lipinski definition) is 3. The van der Waals surface area contributed by atoms with E-state index in [0.717, 1.165) is 47.9 Å². The highest BCUT2D eigenvalue weighted by Gasteiger charge is 2.27. The number of fused-ring (bicyclic) bond motifs is 1. The molecule has 1 aliphatic rings.